The minimum absolute atomic E-state index is 0.0943. The fourth-order valence-electron chi connectivity index (χ4n) is 5.89. The van der Waals surface area contributed by atoms with Crippen LogP contribution in [0, 0.1) is 0 Å². The second-order valence-electron chi connectivity index (χ2n) is 10.4. The molecule has 2 atom stereocenters. The van der Waals surface area contributed by atoms with Crippen molar-refractivity contribution in [3.05, 3.63) is 84.7 Å². The minimum Gasteiger partial charge on any atom is -0.376 e. The van der Waals surface area contributed by atoms with Crippen LogP contribution in [0.1, 0.15) is 50.0 Å². The van der Waals surface area contributed by atoms with Gasteiger partial charge in [0.25, 0.3) is 0 Å². The van der Waals surface area contributed by atoms with Crippen molar-refractivity contribution in [1.82, 2.24) is 9.71 Å². The summed E-state index contributed by atoms with van der Waals surface area (Å²) in [5.74, 6) is 0.596. The summed E-state index contributed by atoms with van der Waals surface area (Å²) in [5, 5.41) is 0. The highest BCUT2D eigenvalue weighted by Crippen LogP contribution is 2.35. The summed E-state index contributed by atoms with van der Waals surface area (Å²) >= 11 is 0. The lowest BCUT2D eigenvalue weighted by Crippen LogP contribution is -2.57. The van der Waals surface area contributed by atoms with Crippen molar-refractivity contribution in [1.29, 1.82) is 0 Å². The smallest absolute Gasteiger partial charge is 0.209 e. The van der Waals surface area contributed by atoms with E-state index in [2.05, 4.69) is 63.1 Å². The molecule has 0 radical (unpaired) electrons. The molecule has 0 bridgehead atoms. The first kappa shape index (κ1) is 25.9. The van der Waals surface area contributed by atoms with Crippen molar-refractivity contribution in [2.75, 3.05) is 24.3 Å². The van der Waals surface area contributed by atoms with Gasteiger partial charge in [0.05, 0.1) is 36.9 Å². The molecule has 1 saturated heterocycles. The Hall–Kier alpha value is -2.74. The van der Waals surface area contributed by atoms with Crippen LogP contribution in [0.5, 0.6) is 0 Å². The molecule has 0 amide bonds. The van der Waals surface area contributed by atoms with Crippen LogP contribution in [0.25, 0.3) is 11.1 Å². The Balaban J connectivity index is 1.31. The van der Waals surface area contributed by atoms with Crippen LogP contribution in [0.15, 0.2) is 79.1 Å². The molecular formula is C30H37N3O3S. The van der Waals surface area contributed by atoms with Gasteiger partial charge < -0.3 is 9.64 Å². The minimum atomic E-state index is -3.34. The Kier molecular flexibility index (Phi) is 8.23. The van der Waals surface area contributed by atoms with E-state index in [0.717, 1.165) is 61.9 Å². The highest BCUT2D eigenvalue weighted by molar-refractivity contribution is 7.88. The van der Waals surface area contributed by atoms with Crippen molar-refractivity contribution < 1.29 is 13.2 Å². The van der Waals surface area contributed by atoms with Crippen LogP contribution < -0.4 is 9.62 Å². The summed E-state index contributed by atoms with van der Waals surface area (Å²) in [4.78, 5) is 6.83. The Morgan fingerprint density at radius 3 is 2.32 bits per heavy atom. The Bertz CT molecular complexity index is 1250. The van der Waals surface area contributed by atoms with E-state index in [1.807, 2.05) is 30.6 Å². The average molecular weight is 520 g/mol. The highest BCUT2D eigenvalue weighted by Gasteiger charge is 2.35. The molecule has 1 aromatic heterocycles. The summed E-state index contributed by atoms with van der Waals surface area (Å²) in [6, 6.07) is 22.8. The van der Waals surface area contributed by atoms with Gasteiger partial charge in [0.2, 0.25) is 10.0 Å². The van der Waals surface area contributed by atoms with Crippen molar-refractivity contribution >= 4 is 15.7 Å². The first-order chi connectivity index (χ1) is 18.0. The number of hydrogen-bond donors (Lipinski definition) is 1. The van der Waals surface area contributed by atoms with E-state index in [9.17, 15) is 8.42 Å². The summed E-state index contributed by atoms with van der Waals surface area (Å²) in [5.41, 5.74) is 4.59. The van der Waals surface area contributed by atoms with E-state index in [0.29, 0.717) is 12.5 Å². The molecule has 2 fully saturated rings. The van der Waals surface area contributed by atoms with Crippen LogP contribution in [-0.4, -0.2) is 51.0 Å². The van der Waals surface area contributed by atoms with Gasteiger partial charge in [0, 0.05) is 24.3 Å². The van der Waals surface area contributed by atoms with E-state index in [4.69, 9.17) is 4.74 Å². The van der Waals surface area contributed by atoms with Crippen LogP contribution >= 0.6 is 0 Å². The van der Waals surface area contributed by atoms with Gasteiger partial charge in [0.15, 0.2) is 0 Å². The maximum atomic E-state index is 12.2. The maximum Gasteiger partial charge on any atom is 0.209 e. The van der Waals surface area contributed by atoms with Crippen LogP contribution in [0.2, 0.25) is 0 Å². The maximum absolute atomic E-state index is 12.2. The predicted octanol–water partition coefficient (Wildman–Crippen LogP) is 5.38. The molecule has 2 aliphatic rings. The molecule has 0 spiro atoms. The third-order valence-electron chi connectivity index (χ3n) is 7.75. The first-order valence-electron chi connectivity index (χ1n) is 13.4. The van der Waals surface area contributed by atoms with Crippen LogP contribution in [0.4, 0.5) is 5.69 Å². The second-order valence-corrected chi connectivity index (χ2v) is 12.2. The number of sulfonamides is 1. The molecule has 196 valence electrons. The number of anilines is 1. The topological polar surface area (TPSA) is 71.5 Å². The Morgan fingerprint density at radius 1 is 0.919 bits per heavy atom. The number of aromatic nitrogens is 1. The zero-order valence-electron chi connectivity index (χ0n) is 21.5. The fourth-order valence-corrected chi connectivity index (χ4v) is 6.72. The number of pyridine rings is 1. The number of nitrogens with one attached hydrogen (secondary N) is 1. The van der Waals surface area contributed by atoms with Crippen molar-refractivity contribution in [3.8, 4) is 11.1 Å². The van der Waals surface area contributed by atoms with Crippen LogP contribution in [0.3, 0.4) is 0 Å². The third kappa shape index (κ3) is 6.78. The summed E-state index contributed by atoms with van der Waals surface area (Å²) in [6.45, 7) is 1.33. The van der Waals surface area contributed by atoms with Gasteiger partial charge in [0.1, 0.15) is 0 Å². The lowest BCUT2D eigenvalue weighted by Gasteiger charge is -2.43. The molecule has 7 heteroatoms. The number of benzene rings is 2. The molecular weight excluding hydrogens is 482 g/mol. The molecule has 1 aliphatic heterocycles. The molecule has 5 rings (SSSR count). The molecule has 6 nitrogen and oxygen atoms in total. The quantitative estimate of drug-likeness (QED) is 0.433. The van der Waals surface area contributed by atoms with Crippen molar-refractivity contribution in [2.45, 2.75) is 62.6 Å². The zero-order chi connectivity index (χ0) is 25.7. The monoisotopic (exact) mass is 519 g/mol. The van der Waals surface area contributed by atoms with Gasteiger partial charge in [-0.3, -0.25) is 4.98 Å². The van der Waals surface area contributed by atoms with E-state index in [1.54, 1.807) is 0 Å². The van der Waals surface area contributed by atoms with Crippen LogP contribution in [-0.2, 0) is 14.8 Å². The van der Waals surface area contributed by atoms with Gasteiger partial charge in [-0.25, -0.2) is 13.1 Å². The normalized spacial score (nSPS) is 24.6. The summed E-state index contributed by atoms with van der Waals surface area (Å²) in [7, 11) is -3.34. The highest BCUT2D eigenvalue weighted by atomic mass is 32.2. The molecule has 1 saturated carbocycles. The molecule has 3 aromatic rings. The van der Waals surface area contributed by atoms with E-state index in [-0.39, 0.29) is 18.2 Å². The zero-order valence-corrected chi connectivity index (χ0v) is 22.3. The standard InChI is InChI=1S/C30H37N3O3S/c1-37(34,35)32-29-13-8-18-33(27-19-26(20-31-21-27)24-11-6-3-7-12-24)30(29)22-36-28-16-14-25(15-17-28)23-9-4-2-5-10-23/h2-7,9-12,19-21,25,28-30,32H,8,13-18,22H2,1H3/t25?,28?,29-,30-/m0/s1. The number of hydrogen-bond acceptors (Lipinski definition) is 5. The Labute approximate surface area is 221 Å². The molecule has 1 N–H and O–H groups in total. The third-order valence-corrected chi connectivity index (χ3v) is 8.49. The predicted molar refractivity (Wildman–Crippen MR) is 149 cm³/mol. The van der Waals surface area contributed by atoms with Gasteiger partial charge in [-0.15, -0.1) is 0 Å². The summed E-state index contributed by atoms with van der Waals surface area (Å²) < 4.78 is 33.9. The van der Waals surface area contributed by atoms with Gasteiger partial charge in [-0.1, -0.05) is 60.7 Å². The van der Waals surface area contributed by atoms with Gasteiger partial charge in [-0.05, 0) is 61.6 Å². The molecule has 2 aromatic carbocycles. The molecule has 2 heterocycles. The summed E-state index contributed by atoms with van der Waals surface area (Å²) in [6.07, 6.45) is 11.2. The lowest BCUT2D eigenvalue weighted by molar-refractivity contribution is 0.0102. The molecule has 0 unspecified atom stereocenters. The SMILES string of the molecule is CS(=O)(=O)N[C@H]1CCCN(c2cncc(-c3ccccc3)c2)[C@H]1COC1CCC(c2ccccc2)CC1. The van der Waals surface area contributed by atoms with Crippen molar-refractivity contribution in [3.63, 3.8) is 0 Å². The van der Waals surface area contributed by atoms with Gasteiger partial charge >= 0.3 is 0 Å². The van der Waals surface area contributed by atoms with Crippen molar-refractivity contribution in [2.24, 2.45) is 0 Å². The number of piperidine rings is 1. The molecule has 1 aliphatic carbocycles. The average Bonchev–Trinajstić information content (AvgIpc) is 2.93. The van der Waals surface area contributed by atoms with E-state index in [1.165, 1.54) is 11.8 Å². The molecule has 37 heavy (non-hydrogen) atoms. The lowest BCUT2D eigenvalue weighted by atomic mass is 9.83. The van der Waals surface area contributed by atoms with E-state index >= 15 is 0 Å². The van der Waals surface area contributed by atoms with Gasteiger partial charge in [-0.2, -0.15) is 0 Å². The largest absolute Gasteiger partial charge is 0.376 e. The van der Waals surface area contributed by atoms with E-state index < -0.39 is 10.0 Å². The Morgan fingerprint density at radius 2 is 1.62 bits per heavy atom. The first-order valence-corrected chi connectivity index (χ1v) is 15.3. The number of nitrogens with zero attached hydrogens (tertiary/aromatic N) is 2. The number of ether oxygens (including phenoxy) is 1. The second kappa shape index (κ2) is 11.8. The number of rotatable bonds is 8. The fraction of sp³-hybridized carbons (Fsp3) is 0.433.